The average Bonchev–Trinajstić information content (AvgIpc) is 3.35. The maximum atomic E-state index is 12.7. The lowest BCUT2D eigenvalue weighted by Crippen LogP contribution is -2.12. The molecule has 1 amide bonds. The molecular formula is C23H19ClN6O2. The second kappa shape index (κ2) is 8.57. The molecule has 0 saturated heterocycles. The number of amides is 1. The fraction of sp³-hybridized carbons (Fsp3) is 0.130. The second-order valence-corrected chi connectivity index (χ2v) is 7.58. The fourth-order valence-corrected chi connectivity index (χ4v) is 3.51. The van der Waals surface area contributed by atoms with E-state index in [2.05, 4.69) is 26.7 Å². The third-order valence-electron chi connectivity index (χ3n) is 4.99. The predicted octanol–water partition coefficient (Wildman–Crippen LogP) is 5.00. The molecule has 9 heteroatoms. The van der Waals surface area contributed by atoms with Crippen molar-refractivity contribution in [2.24, 2.45) is 7.05 Å². The van der Waals surface area contributed by atoms with E-state index < -0.39 is 0 Å². The van der Waals surface area contributed by atoms with Gasteiger partial charge in [-0.15, -0.1) is 0 Å². The van der Waals surface area contributed by atoms with Crippen LogP contribution in [0, 0.1) is 25.2 Å². The zero-order valence-electron chi connectivity index (χ0n) is 17.6. The number of aryl methyl sites for hydroxylation is 2. The van der Waals surface area contributed by atoms with Gasteiger partial charge in [-0.2, -0.15) is 15.5 Å². The Labute approximate surface area is 189 Å². The summed E-state index contributed by atoms with van der Waals surface area (Å²) in [6, 6.07) is 15.4. The van der Waals surface area contributed by atoms with E-state index in [1.165, 1.54) is 0 Å². The lowest BCUT2D eigenvalue weighted by atomic mass is 10.1. The van der Waals surface area contributed by atoms with Crippen molar-refractivity contribution in [3.05, 3.63) is 76.2 Å². The minimum absolute atomic E-state index is 0.316. The summed E-state index contributed by atoms with van der Waals surface area (Å²) >= 11 is 6.33. The number of carbonyl (C=O) groups is 1. The molecular weight excluding hydrogens is 428 g/mol. The molecule has 4 rings (SSSR count). The van der Waals surface area contributed by atoms with Gasteiger partial charge >= 0.3 is 0 Å². The van der Waals surface area contributed by atoms with Gasteiger partial charge in [0.2, 0.25) is 0 Å². The van der Waals surface area contributed by atoms with Crippen molar-refractivity contribution >= 4 is 23.2 Å². The van der Waals surface area contributed by atoms with E-state index in [0.29, 0.717) is 39.2 Å². The Bertz CT molecular complexity index is 1350. The minimum atomic E-state index is -0.347. The van der Waals surface area contributed by atoms with Gasteiger partial charge in [0.1, 0.15) is 17.2 Å². The number of hydrogen-bond acceptors (Lipinski definition) is 5. The topological polar surface area (TPSA) is 109 Å². The molecule has 2 heterocycles. The SMILES string of the molecule is Cc1nn(C)c(C)c1-c1cc(C(=O)Nc2ccc(Oc3ccc(C#N)cc3)c(Cl)c2)[nH]n1. The van der Waals surface area contributed by atoms with E-state index in [1.54, 1.807) is 53.2 Å². The largest absolute Gasteiger partial charge is 0.456 e. The number of nitriles is 1. The summed E-state index contributed by atoms with van der Waals surface area (Å²) in [7, 11) is 1.87. The Kier molecular flexibility index (Phi) is 5.67. The van der Waals surface area contributed by atoms with Crippen LogP contribution in [0.25, 0.3) is 11.3 Å². The number of rotatable bonds is 5. The summed E-state index contributed by atoms with van der Waals surface area (Å²) in [5.41, 5.74) is 4.72. The molecule has 2 aromatic carbocycles. The van der Waals surface area contributed by atoms with Crippen LogP contribution in [0.5, 0.6) is 11.5 Å². The first-order valence-electron chi connectivity index (χ1n) is 9.70. The number of anilines is 1. The van der Waals surface area contributed by atoms with Crippen molar-refractivity contribution in [3.8, 4) is 28.8 Å². The minimum Gasteiger partial charge on any atom is -0.456 e. The summed E-state index contributed by atoms with van der Waals surface area (Å²) in [6.45, 7) is 3.85. The molecule has 0 unspecified atom stereocenters. The van der Waals surface area contributed by atoms with Gasteiger partial charge in [0, 0.05) is 24.0 Å². The van der Waals surface area contributed by atoms with Gasteiger partial charge in [-0.3, -0.25) is 14.6 Å². The number of H-pyrrole nitrogens is 1. The molecule has 4 aromatic rings. The normalized spacial score (nSPS) is 10.6. The van der Waals surface area contributed by atoms with E-state index >= 15 is 0 Å². The number of nitrogens with zero attached hydrogens (tertiary/aromatic N) is 4. The van der Waals surface area contributed by atoms with Crippen LogP contribution in [-0.2, 0) is 7.05 Å². The molecule has 0 saturated carbocycles. The van der Waals surface area contributed by atoms with Crippen molar-refractivity contribution in [2.75, 3.05) is 5.32 Å². The van der Waals surface area contributed by atoms with Crippen LogP contribution in [0.15, 0.2) is 48.5 Å². The zero-order valence-corrected chi connectivity index (χ0v) is 18.4. The van der Waals surface area contributed by atoms with Crippen LogP contribution in [0.1, 0.15) is 27.4 Å². The summed E-state index contributed by atoms with van der Waals surface area (Å²) in [5.74, 6) is 0.633. The van der Waals surface area contributed by atoms with Gasteiger partial charge < -0.3 is 10.1 Å². The van der Waals surface area contributed by atoms with E-state index in [-0.39, 0.29) is 5.91 Å². The molecule has 0 radical (unpaired) electrons. The maximum absolute atomic E-state index is 12.7. The van der Waals surface area contributed by atoms with E-state index in [4.69, 9.17) is 21.6 Å². The molecule has 0 aliphatic carbocycles. The molecule has 0 atom stereocenters. The third-order valence-corrected chi connectivity index (χ3v) is 5.28. The predicted molar refractivity (Wildman–Crippen MR) is 121 cm³/mol. The number of benzene rings is 2. The quantitative estimate of drug-likeness (QED) is 0.448. The molecule has 0 bridgehead atoms. The van der Waals surface area contributed by atoms with Gasteiger partial charge in [-0.1, -0.05) is 11.6 Å². The highest BCUT2D eigenvalue weighted by Crippen LogP contribution is 2.32. The molecule has 32 heavy (non-hydrogen) atoms. The van der Waals surface area contributed by atoms with Crippen LogP contribution >= 0.6 is 11.6 Å². The van der Waals surface area contributed by atoms with Crippen LogP contribution in [0.4, 0.5) is 5.69 Å². The lowest BCUT2D eigenvalue weighted by molar-refractivity contribution is 0.102. The third kappa shape index (κ3) is 4.19. The van der Waals surface area contributed by atoms with E-state index in [1.807, 2.05) is 20.9 Å². The maximum Gasteiger partial charge on any atom is 0.273 e. The first-order chi connectivity index (χ1) is 15.4. The standard InChI is InChI=1S/C23H19ClN6O2/c1-13-22(14(2)30(3)29-13)19-11-20(28-27-19)23(31)26-16-6-9-21(18(24)10-16)32-17-7-4-15(12-25)5-8-17/h4-11H,1-3H3,(H,26,31)(H,27,28). The number of nitrogens with one attached hydrogen (secondary N) is 2. The Hall–Kier alpha value is -4.09. The number of ether oxygens (including phenoxy) is 1. The highest BCUT2D eigenvalue weighted by atomic mass is 35.5. The smallest absolute Gasteiger partial charge is 0.273 e. The van der Waals surface area contributed by atoms with Crippen molar-refractivity contribution in [2.45, 2.75) is 13.8 Å². The van der Waals surface area contributed by atoms with Crippen LogP contribution in [0.3, 0.4) is 0 Å². The number of aromatic amines is 1. The summed E-state index contributed by atoms with van der Waals surface area (Å²) < 4.78 is 7.53. The monoisotopic (exact) mass is 446 g/mol. The molecule has 0 spiro atoms. The highest BCUT2D eigenvalue weighted by Gasteiger charge is 2.17. The number of halogens is 1. The molecule has 160 valence electrons. The number of carbonyl (C=O) groups excluding carboxylic acids is 1. The van der Waals surface area contributed by atoms with Gasteiger partial charge in [0.25, 0.3) is 5.91 Å². The van der Waals surface area contributed by atoms with Crippen molar-refractivity contribution < 1.29 is 9.53 Å². The Balaban J connectivity index is 1.47. The first kappa shape index (κ1) is 21.2. The molecule has 2 aromatic heterocycles. The molecule has 0 aliphatic rings. The van der Waals surface area contributed by atoms with Crippen LogP contribution in [-0.4, -0.2) is 25.9 Å². The second-order valence-electron chi connectivity index (χ2n) is 7.17. The zero-order chi connectivity index (χ0) is 22.8. The first-order valence-corrected chi connectivity index (χ1v) is 10.1. The van der Waals surface area contributed by atoms with Crippen molar-refractivity contribution in [3.63, 3.8) is 0 Å². The summed E-state index contributed by atoms with van der Waals surface area (Å²) in [6.07, 6.45) is 0. The fourth-order valence-electron chi connectivity index (χ4n) is 3.29. The number of aromatic nitrogens is 4. The molecule has 8 nitrogen and oxygen atoms in total. The lowest BCUT2D eigenvalue weighted by Gasteiger charge is -2.10. The van der Waals surface area contributed by atoms with E-state index in [9.17, 15) is 4.79 Å². The van der Waals surface area contributed by atoms with Gasteiger partial charge in [-0.25, -0.2) is 0 Å². The van der Waals surface area contributed by atoms with Gasteiger partial charge in [-0.05, 0) is 62.4 Å². The number of hydrogen-bond donors (Lipinski definition) is 2. The van der Waals surface area contributed by atoms with Crippen molar-refractivity contribution in [1.82, 2.24) is 20.0 Å². The van der Waals surface area contributed by atoms with Crippen LogP contribution in [0.2, 0.25) is 5.02 Å². The Morgan fingerprint density at radius 3 is 2.56 bits per heavy atom. The summed E-state index contributed by atoms with van der Waals surface area (Å²) in [4.78, 5) is 12.7. The van der Waals surface area contributed by atoms with Gasteiger partial charge in [0.15, 0.2) is 0 Å². The molecule has 0 aliphatic heterocycles. The Morgan fingerprint density at radius 2 is 1.94 bits per heavy atom. The average molecular weight is 447 g/mol. The van der Waals surface area contributed by atoms with E-state index in [0.717, 1.165) is 17.0 Å². The highest BCUT2D eigenvalue weighted by molar-refractivity contribution is 6.32. The van der Waals surface area contributed by atoms with Crippen LogP contribution < -0.4 is 10.1 Å². The molecule has 0 fully saturated rings. The van der Waals surface area contributed by atoms with Gasteiger partial charge in [0.05, 0.1) is 28.0 Å². The Morgan fingerprint density at radius 1 is 1.19 bits per heavy atom. The molecule has 2 N–H and O–H groups in total. The van der Waals surface area contributed by atoms with Crippen molar-refractivity contribution in [1.29, 1.82) is 5.26 Å². The summed E-state index contributed by atoms with van der Waals surface area (Å²) in [5, 5.41) is 23.4.